The molecule has 0 heterocycles. The number of hydrogen-bond donors (Lipinski definition) is 1. The van der Waals surface area contributed by atoms with Crippen LogP contribution in [0.5, 0.6) is 0 Å². The predicted octanol–water partition coefficient (Wildman–Crippen LogP) is 1.03. The van der Waals surface area contributed by atoms with Crippen molar-refractivity contribution in [2.75, 3.05) is 27.2 Å². The monoisotopic (exact) mass is 258 g/mol. The average molecular weight is 258 g/mol. The number of likely N-dealkylation sites (N-methyl/N-ethyl adjacent to an activating group) is 1. The van der Waals surface area contributed by atoms with Crippen LogP contribution >= 0.6 is 0 Å². The average Bonchev–Trinajstić information content (AvgIpc) is 2.34. The Bertz CT molecular complexity index is 265. The molecule has 0 aromatic carbocycles. The van der Waals surface area contributed by atoms with Gasteiger partial charge in [-0.3, -0.25) is 14.5 Å². The third kappa shape index (κ3) is 6.59. The third-order valence-corrected chi connectivity index (χ3v) is 2.95. The molecule has 0 spiro atoms. The van der Waals surface area contributed by atoms with Gasteiger partial charge in [0.1, 0.15) is 0 Å². The minimum Gasteiger partial charge on any atom is -0.469 e. The number of nitrogens with one attached hydrogen (secondary N) is 1. The number of nitrogens with zero attached hydrogens (tertiary/aromatic N) is 1. The number of ether oxygens (including phenoxy) is 1. The van der Waals surface area contributed by atoms with E-state index in [-0.39, 0.29) is 23.8 Å². The van der Waals surface area contributed by atoms with Crippen molar-refractivity contribution in [3.05, 3.63) is 0 Å². The van der Waals surface area contributed by atoms with E-state index in [1.807, 2.05) is 11.9 Å². The van der Waals surface area contributed by atoms with Crippen molar-refractivity contribution in [3.63, 3.8) is 0 Å². The van der Waals surface area contributed by atoms with Gasteiger partial charge >= 0.3 is 5.97 Å². The van der Waals surface area contributed by atoms with E-state index in [1.165, 1.54) is 7.11 Å². The first-order chi connectivity index (χ1) is 8.44. The normalized spacial score (nSPS) is 12.6. The summed E-state index contributed by atoms with van der Waals surface area (Å²) >= 11 is 0. The van der Waals surface area contributed by atoms with E-state index in [1.54, 1.807) is 6.92 Å². The van der Waals surface area contributed by atoms with Crippen LogP contribution in [-0.4, -0.2) is 50.1 Å². The Morgan fingerprint density at radius 2 is 1.83 bits per heavy atom. The second-order valence-electron chi connectivity index (χ2n) is 4.70. The van der Waals surface area contributed by atoms with Crippen molar-refractivity contribution in [1.29, 1.82) is 0 Å². The van der Waals surface area contributed by atoms with Crippen LogP contribution in [0.1, 0.15) is 33.6 Å². The molecule has 0 aliphatic heterocycles. The summed E-state index contributed by atoms with van der Waals surface area (Å²) in [6.07, 6.45) is 1.87. The van der Waals surface area contributed by atoms with Crippen LogP contribution in [-0.2, 0) is 14.3 Å². The van der Waals surface area contributed by atoms with E-state index < -0.39 is 0 Å². The number of methoxy groups -OCH3 is 1. The summed E-state index contributed by atoms with van der Waals surface area (Å²) in [5.74, 6) is -0.466. The Morgan fingerprint density at radius 3 is 2.28 bits per heavy atom. The van der Waals surface area contributed by atoms with Crippen LogP contribution in [0.25, 0.3) is 0 Å². The Labute approximate surface area is 110 Å². The summed E-state index contributed by atoms with van der Waals surface area (Å²) < 4.78 is 4.65. The fourth-order valence-corrected chi connectivity index (χ4v) is 1.82. The lowest BCUT2D eigenvalue weighted by atomic mass is 10.1. The molecule has 5 heteroatoms. The molecular weight excluding hydrogens is 232 g/mol. The summed E-state index contributed by atoms with van der Waals surface area (Å²) in [6.45, 7) is 6.72. The first kappa shape index (κ1) is 16.9. The Hall–Kier alpha value is -1.10. The molecule has 18 heavy (non-hydrogen) atoms. The SMILES string of the molecule is CCC(CC)NC(=O)CN(C)CC(C)C(=O)OC. The number of amides is 1. The molecule has 0 saturated carbocycles. The van der Waals surface area contributed by atoms with Crippen LogP contribution in [0.4, 0.5) is 0 Å². The van der Waals surface area contributed by atoms with Crippen LogP contribution < -0.4 is 5.32 Å². The third-order valence-electron chi connectivity index (χ3n) is 2.95. The molecule has 1 N–H and O–H groups in total. The van der Waals surface area contributed by atoms with Gasteiger partial charge in [0.05, 0.1) is 19.6 Å². The summed E-state index contributed by atoms with van der Waals surface area (Å²) in [4.78, 5) is 24.8. The lowest BCUT2D eigenvalue weighted by Crippen LogP contribution is -2.42. The highest BCUT2D eigenvalue weighted by atomic mass is 16.5. The second-order valence-corrected chi connectivity index (χ2v) is 4.70. The molecule has 1 amide bonds. The molecule has 106 valence electrons. The van der Waals surface area contributed by atoms with E-state index in [4.69, 9.17) is 0 Å². The molecule has 1 atom stereocenters. The van der Waals surface area contributed by atoms with Crippen LogP contribution in [0, 0.1) is 5.92 Å². The summed E-state index contributed by atoms with van der Waals surface area (Å²) in [7, 11) is 3.20. The fraction of sp³-hybridized carbons (Fsp3) is 0.846. The highest BCUT2D eigenvalue weighted by Crippen LogP contribution is 2.01. The maximum Gasteiger partial charge on any atom is 0.309 e. The maximum atomic E-state index is 11.7. The number of carbonyl (C=O) groups excluding carboxylic acids is 2. The Kier molecular flexibility index (Phi) is 8.37. The largest absolute Gasteiger partial charge is 0.469 e. The highest BCUT2D eigenvalue weighted by Gasteiger charge is 2.17. The molecule has 0 fully saturated rings. The minimum absolute atomic E-state index is 0.00302. The number of hydrogen-bond acceptors (Lipinski definition) is 4. The number of rotatable bonds is 8. The molecule has 0 aromatic rings. The summed E-state index contributed by atoms with van der Waals surface area (Å²) in [5, 5.41) is 2.97. The quantitative estimate of drug-likeness (QED) is 0.661. The first-order valence-electron chi connectivity index (χ1n) is 6.50. The molecule has 5 nitrogen and oxygen atoms in total. The minimum atomic E-state index is -0.248. The van der Waals surface area contributed by atoms with Crippen LogP contribution in [0.3, 0.4) is 0 Å². The lowest BCUT2D eigenvalue weighted by molar-refractivity contribution is -0.145. The van der Waals surface area contributed by atoms with Gasteiger partial charge in [0.25, 0.3) is 0 Å². The molecule has 0 radical (unpaired) electrons. The zero-order valence-corrected chi connectivity index (χ0v) is 12.2. The van der Waals surface area contributed by atoms with Gasteiger partial charge in [-0.1, -0.05) is 20.8 Å². The number of esters is 1. The molecule has 0 aliphatic rings. The van der Waals surface area contributed by atoms with Crippen molar-refractivity contribution in [1.82, 2.24) is 10.2 Å². The molecule has 1 unspecified atom stereocenters. The summed E-state index contributed by atoms with van der Waals surface area (Å²) in [6, 6.07) is 0.240. The zero-order valence-electron chi connectivity index (χ0n) is 12.2. The maximum absolute atomic E-state index is 11.7. The summed E-state index contributed by atoms with van der Waals surface area (Å²) in [5.41, 5.74) is 0. The van der Waals surface area contributed by atoms with Gasteiger partial charge in [-0.15, -0.1) is 0 Å². The molecule has 0 rings (SSSR count). The van der Waals surface area contributed by atoms with Crippen molar-refractivity contribution < 1.29 is 14.3 Å². The molecular formula is C13H26N2O3. The smallest absolute Gasteiger partial charge is 0.309 e. The highest BCUT2D eigenvalue weighted by molar-refractivity contribution is 5.78. The molecule has 0 saturated heterocycles. The van der Waals surface area contributed by atoms with Gasteiger partial charge in [0.15, 0.2) is 0 Å². The fourth-order valence-electron chi connectivity index (χ4n) is 1.82. The Balaban J connectivity index is 4.04. The van der Waals surface area contributed by atoms with Crippen molar-refractivity contribution in [2.45, 2.75) is 39.7 Å². The van der Waals surface area contributed by atoms with Gasteiger partial charge in [-0.25, -0.2) is 0 Å². The first-order valence-corrected chi connectivity index (χ1v) is 6.50. The van der Waals surface area contributed by atoms with Crippen LogP contribution in [0.2, 0.25) is 0 Å². The lowest BCUT2D eigenvalue weighted by Gasteiger charge is -2.21. The molecule has 0 bridgehead atoms. The van der Waals surface area contributed by atoms with E-state index in [9.17, 15) is 9.59 Å². The topological polar surface area (TPSA) is 58.6 Å². The van der Waals surface area contributed by atoms with Gasteiger partial charge in [0, 0.05) is 12.6 Å². The molecule has 0 aliphatic carbocycles. The van der Waals surface area contributed by atoms with Gasteiger partial charge in [-0.2, -0.15) is 0 Å². The number of carbonyl (C=O) groups is 2. The Morgan fingerprint density at radius 1 is 1.28 bits per heavy atom. The van der Waals surface area contributed by atoms with E-state index in [0.717, 1.165) is 12.8 Å². The zero-order chi connectivity index (χ0) is 14.1. The van der Waals surface area contributed by atoms with Gasteiger partial charge < -0.3 is 10.1 Å². The van der Waals surface area contributed by atoms with Crippen molar-refractivity contribution in [3.8, 4) is 0 Å². The van der Waals surface area contributed by atoms with E-state index >= 15 is 0 Å². The molecule has 0 aromatic heterocycles. The second kappa shape index (κ2) is 8.91. The van der Waals surface area contributed by atoms with E-state index in [0.29, 0.717) is 13.1 Å². The van der Waals surface area contributed by atoms with Gasteiger partial charge in [-0.05, 0) is 19.9 Å². The van der Waals surface area contributed by atoms with Crippen molar-refractivity contribution >= 4 is 11.9 Å². The van der Waals surface area contributed by atoms with E-state index in [2.05, 4.69) is 23.9 Å². The predicted molar refractivity (Wildman–Crippen MR) is 71.2 cm³/mol. The van der Waals surface area contributed by atoms with Crippen LogP contribution in [0.15, 0.2) is 0 Å². The van der Waals surface area contributed by atoms with Gasteiger partial charge in [0.2, 0.25) is 5.91 Å². The van der Waals surface area contributed by atoms with Crippen molar-refractivity contribution in [2.24, 2.45) is 5.92 Å². The standard InChI is InChI=1S/C13H26N2O3/c1-6-11(7-2)14-12(16)9-15(4)8-10(3)13(17)18-5/h10-11H,6-9H2,1-5H3,(H,14,16).